The molecule has 2 aromatic carbocycles. The highest BCUT2D eigenvalue weighted by Crippen LogP contribution is 2.39. The van der Waals surface area contributed by atoms with Crippen LogP contribution in [-0.2, 0) is 11.2 Å². The standard InChI is InChI=1S/C22H15NO6S/c1-13-18(28-20(24)12-16-3-2-10-30-16)9-8-17-21(25)19(29-22(13)17)11-14-4-6-15(7-5-14)23(26)27/h2-11H,12H2,1H3/b19-11-. The molecule has 0 N–H and O–H groups in total. The Labute approximate surface area is 175 Å². The van der Waals surface area contributed by atoms with Crippen LogP contribution in [0.25, 0.3) is 6.08 Å². The zero-order chi connectivity index (χ0) is 21.3. The Balaban J connectivity index is 1.54. The van der Waals surface area contributed by atoms with Gasteiger partial charge in [0.25, 0.3) is 5.69 Å². The first-order chi connectivity index (χ1) is 14.4. The predicted octanol–water partition coefficient (Wildman–Crippen LogP) is 4.73. The van der Waals surface area contributed by atoms with Crippen molar-refractivity contribution in [2.75, 3.05) is 0 Å². The van der Waals surface area contributed by atoms with E-state index in [0.29, 0.717) is 28.2 Å². The maximum absolute atomic E-state index is 12.7. The van der Waals surface area contributed by atoms with Crippen molar-refractivity contribution in [3.05, 3.63) is 91.4 Å². The van der Waals surface area contributed by atoms with Crippen LogP contribution in [-0.4, -0.2) is 16.7 Å². The molecule has 8 heteroatoms. The van der Waals surface area contributed by atoms with E-state index in [9.17, 15) is 19.7 Å². The van der Waals surface area contributed by atoms with Gasteiger partial charge in [0.05, 0.1) is 16.9 Å². The zero-order valence-electron chi connectivity index (χ0n) is 15.8. The van der Waals surface area contributed by atoms with Crippen molar-refractivity contribution in [2.45, 2.75) is 13.3 Å². The molecule has 0 saturated heterocycles. The molecule has 0 radical (unpaired) electrons. The SMILES string of the molecule is Cc1c(OC(=O)Cc2cccs2)ccc2c1O/C(=C\c1ccc([N+](=O)[O-])cc1)C2=O. The van der Waals surface area contributed by atoms with Gasteiger partial charge in [-0.2, -0.15) is 0 Å². The summed E-state index contributed by atoms with van der Waals surface area (Å²) in [6, 6.07) is 12.7. The number of hydrogen-bond donors (Lipinski definition) is 0. The van der Waals surface area contributed by atoms with Gasteiger partial charge < -0.3 is 9.47 Å². The van der Waals surface area contributed by atoms with E-state index in [4.69, 9.17) is 9.47 Å². The molecule has 7 nitrogen and oxygen atoms in total. The highest BCUT2D eigenvalue weighted by molar-refractivity contribution is 7.10. The van der Waals surface area contributed by atoms with Gasteiger partial charge in [-0.3, -0.25) is 19.7 Å². The first-order valence-corrected chi connectivity index (χ1v) is 9.85. The second kappa shape index (κ2) is 7.92. The van der Waals surface area contributed by atoms with Crippen molar-refractivity contribution in [3.8, 4) is 11.5 Å². The minimum Gasteiger partial charge on any atom is -0.452 e. The van der Waals surface area contributed by atoms with Gasteiger partial charge in [-0.15, -0.1) is 11.3 Å². The third-order valence-corrected chi connectivity index (χ3v) is 5.44. The molecule has 150 valence electrons. The van der Waals surface area contributed by atoms with Crippen molar-refractivity contribution in [3.63, 3.8) is 0 Å². The zero-order valence-corrected chi connectivity index (χ0v) is 16.6. The monoisotopic (exact) mass is 421 g/mol. The fraction of sp³-hybridized carbons (Fsp3) is 0.0909. The average Bonchev–Trinajstić information content (AvgIpc) is 3.33. The van der Waals surface area contributed by atoms with Crippen molar-refractivity contribution >= 4 is 34.9 Å². The first kappa shape index (κ1) is 19.5. The van der Waals surface area contributed by atoms with Crippen LogP contribution in [0.2, 0.25) is 0 Å². The topological polar surface area (TPSA) is 95.7 Å². The van der Waals surface area contributed by atoms with Gasteiger partial charge in [-0.1, -0.05) is 6.07 Å². The highest BCUT2D eigenvalue weighted by Gasteiger charge is 2.30. The van der Waals surface area contributed by atoms with Gasteiger partial charge in [0.1, 0.15) is 11.5 Å². The minimum atomic E-state index is -0.491. The van der Waals surface area contributed by atoms with E-state index in [0.717, 1.165) is 4.88 Å². The molecule has 0 amide bonds. The highest BCUT2D eigenvalue weighted by atomic mass is 32.1. The third-order valence-electron chi connectivity index (χ3n) is 4.56. The van der Waals surface area contributed by atoms with Crippen molar-refractivity contribution in [1.29, 1.82) is 0 Å². The number of thiophene rings is 1. The van der Waals surface area contributed by atoms with Gasteiger partial charge in [-0.25, -0.2) is 0 Å². The number of Topliss-reactive ketones (excluding diaryl/α,β-unsaturated/α-hetero) is 1. The van der Waals surface area contributed by atoms with Crippen LogP contribution in [0.15, 0.2) is 59.7 Å². The number of ether oxygens (including phenoxy) is 2. The van der Waals surface area contributed by atoms with E-state index in [1.165, 1.54) is 41.7 Å². The summed E-state index contributed by atoms with van der Waals surface area (Å²) in [7, 11) is 0. The summed E-state index contributed by atoms with van der Waals surface area (Å²) in [6.07, 6.45) is 1.69. The molecular weight excluding hydrogens is 406 g/mol. The first-order valence-electron chi connectivity index (χ1n) is 8.98. The molecule has 0 fully saturated rings. The number of rotatable bonds is 5. The van der Waals surface area contributed by atoms with Gasteiger partial charge >= 0.3 is 5.97 Å². The summed E-state index contributed by atoms with van der Waals surface area (Å²) in [5.74, 6) is 0.0766. The Morgan fingerprint density at radius 1 is 1.20 bits per heavy atom. The normalized spacial score (nSPS) is 13.8. The van der Waals surface area contributed by atoms with Crippen molar-refractivity contribution in [1.82, 2.24) is 0 Å². The molecule has 1 aliphatic heterocycles. The maximum Gasteiger partial charge on any atom is 0.316 e. The van der Waals surface area contributed by atoms with Crippen LogP contribution >= 0.6 is 11.3 Å². The van der Waals surface area contributed by atoms with E-state index in [1.54, 1.807) is 19.1 Å². The number of nitrogens with zero attached hydrogens (tertiary/aromatic N) is 1. The molecule has 0 aliphatic carbocycles. The summed E-state index contributed by atoms with van der Waals surface area (Å²) in [6.45, 7) is 1.72. The lowest BCUT2D eigenvalue weighted by Crippen LogP contribution is -2.11. The van der Waals surface area contributed by atoms with Crippen LogP contribution in [0.1, 0.15) is 26.4 Å². The van der Waals surface area contributed by atoms with Crippen LogP contribution in [0.3, 0.4) is 0 Å². The molecule has 0 atom stereocenters. The number of nitro benzene ring substituents is 1. The van der Waals surface area contributed by atoms with Crippen LogP contribution < -0.4 is 9.47 Å². The van der Waals surface area contributed by atoms with E-state index >= 15 is 0 Å². The fourth-order valence-electron chi connectivity index (χ4n) is 3.04. The summed E-state index contributed by atoms with van der Waals surface area (Å²) in [5, 5.41) is 12.7. The van der Waals surface area contributed by atoms with Gasteiger partial charge in [0.15, 0.2) is 5.76 Å². The number of hydrogen-bond acceptors (Lipinski definition) is 7. The summed E-state index contributed by atoms with van der Waals surface area (Å²) >= 11 is 1.47. The fourth-order valence-corrected chi connectivity index (χ4v) is 3.73. The predicted molar refractivity (Wildman–Crippen MR) is 111 cm³/mol. The van der Waals surface area contributed by atoms with E-state index in [2.05, 4.69) is 0 Å². The summed E-state index contributed by atoms with van der Waals surface area (Å²) in [5.41, 5.74) is 1.48. The Hall–Kier alpha value is -3.78. The molecule has 3 aromatic rings. The number of benzene rings is 2. The van der Waals surface area contributed by atoms with Crippen LogP contribution in [0.4, 0.5) is 5.69 Å². The number of carbonyl (C=O) groups is 2. The van der Waals surface area contributed by atoms with E-state index in [1.807, 2.05) is 17.5 Å². The van der Waals surface area contributed by atoms with Crippen molar-refractivity contribution < 1.29 is 24.0 Å². The number of ketones is 1. The second-order valence-electron chi connectivity index (χ2n) is 6.58. The van der Waals surface area contributed by atoms with Crippen LogP contribution in [0, 0.1) is 17.0 Å². The van der Waals surface area contributed by atoms with E-state index < -0.39 is 10.9 Å². The maximum atomic E-state index is 12.7. The quantitative estimate of drug-likeness (QED) is 0.194. The Kier molecular flexibility index (Phi) is 5.16. The molecule has 1 aliphatic rings. The molecule has 0 saturated carbocycles. The largest absolute Gasteiger partial charge is 0.452 e. The lowest BCUT2D eigenvalue weighted by molar-refractivity contribution is -0.384. The Morgan fingerprint density at radius 2 is 1.97 bits per heavy atom. The Morgan fingerprint density at radius 3 is 2.63 bits per heavy atom. The smallest absolute Gasteiger partial charge is 0.316 e. The number of allylic oxidation sites excluding steroid dienone is 1. The molecular formula is C22H15NO6S. The molecule has 0 bridgehead atoms. The summed E-state index contributed by atoms with van der Waals surface area (Å²) < 4.78 is 11.2. The number of non-ortho nitro benzene ring substituents is 1. The number of esters is 1. The second-order valence-corrected chi connectivity index (χ2v) is 7.62. The third kappa shape index (κ3) is 3.85. The van der Waals surface area contributed by atoms with E-state index in [-0.39, 0.29) is 23.7 Å². The molecule has 0 unspecified atom stereocenters. The minimum absolute atomic E-state index is 0.0380. The molecule has 4 rings (SSSR count). The van der Waals surface area contributed by atoms with Crippen LogP contribution in [0.5, 0.6) is 11.5 Å². The Bertz CT molecular complexity index is 1180. The number of nitro groups is 1. The lowest BCUT2D eigenvalue weighted by Gasteiger charge is -2.09. The van der Waals surface area contributed by atoms with Gasteiger partial charge in [0.2, 0.25) is 5.78 Å². The van der Waals surface area contributed by atoms with Gasteiger partial charge in [-0.05, 0) is 54.3 Å². The number of carbonyl (C=O) groups excluding carboxylic acids is 2. The lowest BCUT2D eigenvalue weighted by atomic mass is 10.1. The number of fused-ring (bicyclic) bond motifs is 1. The molecule has 1 aromatic heterocycles. The summed E-state index contributed by atoms with van der Waals surface area (Å²) in [4.78, 5) is 36.0. The average molecular weight is 421 g/mol. The molecule has 0 spiro atoms. The molecule has 2 heterocycles. The van der Waals surface area contributed by atoms with Gasteiger partial charge in [0, 0.05) is 22.6 Å². The van der Waals surface area contributed by atoms with Crippen molar-refractivity contribution in [2.24, 2.45) is 0 Å². The molecule has 30 heavy (non-hydrogen) atoms.